The summed E-state index contributed by atoms with van der Waals surface area (Å²) >= 11 is 0. The molecule has 1 aliphatic rings. The number of pyridine rings is 1. The molecule has 0 aliphatic carbocycles. The van der Waals surface area contributed by atoms with Crippen molar-refractivity contribution in [1.29, 1.82) is 0 Å². The highest BCUT2D eigenvalue weighted by molar-refractivity contribution is 5.79. The normalized spacial score (nSPS) is 13.0. The van der Waals surface area contributed by atoms with E-state index in [1.54, 1.807) is 7.05 Å². The molecular weight excluding hydrogens is 304 g/mol. The summed E-state index contributed by atoms with van der Waals surface area (Å²) in [7, 11) is 3.82. The van der Waals surface area contributed by atoms with Gasteiger partial charge in [0.1, 0.15) is 0 Å². The quantitative estimate of drug-likeness (QED) is 0.673. The third-order valence-electron chi connectivity index (χ3n) is 3.88. The Morgan fingerprint density at radius 3 is 2.75 bits per heavy atom. The van der Waals surface area contributed by atoms with Gasteiger partial charge in [0.25, 0.3) is 0 Å². The Hall–Kier alpha value is -2.76. The van der Waals surface area contributed by atoms with Crippen molar-refractivity contribution in [2.75, 3.05) is 27.4 Å². The molecule has 6 heteroatoms. The molecule has 0 atom stereocenters. The molecule has 2 aromatic rings. The average Bonchev–Trinajstić information content (AvgIpc) is 3.07. The smallest absolute Gasteiger partial charge is 0.231 e. The molecule has 1 aromatic heterocycles. The molecule has 0 fully saturated rings. The van der Waals surface area contributed by atoms with E-state index in [9.17, 15) is 0 Å². The lowest BCUT2D eigenvalue weighted by Crippen LogP contribution is -2.39. The summed E-state index contributed by atoms with van der Waals surface area (Å²) < 4.78 is 10.8. The summed E-state index contributed by atoms with van der Waals surface area (Å²) in [5.74, 6) is 2.48. The van der Waals surface area contributed by atoms with Crippen molar-refractivity contribution >= 4 is 5.96 Å². The fourth-order valence-electron chi connectivity index (χ4n) is 2.64. The lowest BCUT2D eigenvalue weighted by Gasteiger charge is -2.22. The minimum atomic E-state index is 0.298. The Bertz CT molecular complexity index is 703. The molecule has 24 heavy (non-hydrogen) atoms. The molecule has 1 aromatic carbocycles. The molecule has 2 heterocycles. The van der Waals surface area contributed by atoms with Gasteiger partial charge >= 0.3 is 0 Å². The van der Waals surface area contributed by atoms with Gasteiger partial charge in [0.05, 0.1) is 0 Å². The largest absolute Gasteiger partial charge is 0.454 e. The number of rotatable bonds is 5. The highest BCUT2D eigenvalue weighted by Gasteiger charge is 2.14. The van der Waals surface area contributed by atoms with Crippen molar-refractivity contribution in [3.8, 4) is 11.5 Å². The zero-order valence-corrected chi connectivity index (χ0v) is 14.0. The maximum absolute atomic E-state index is 5.43. The molecule has 0 bridgehead atoms. The van der Waals surface area contributed by atoms with Gasteiger partial charge in [-0.3, -0.25) is 9.98 Å². The van der Waals surface area contributed by atoms with Crippen LogP contribution in [0.4, 0.5) is 0 Å². The molecule has 3 rings (SSSR count). The monoisotopic (exact) mass is 326 g/mol. The lowest BCUT2D eigenvalue weighted by molar-refractivity contribution is 0.174. The third-order valence-corrected chi connectivity index (χ3v) is 3.88. The molecule has 0 unspecified atom stereocenters. The number of guanidine groups is 1. The molecule has 0 spiro atoms. The van der Waals surface area contributed by atoms with Crippen molar-refractivity contribution in [3.05, 3.63) is 53.9 Å². The minimum absolute atomic E-state index is 0.298. The van der Waals surface area contributed by atoms with Crippen molar-refractivity contribution in [3.63, 3.8) is 0 Å². The van der Waals surface area contributed by atoms with Gasteiger partial charge in [-0.25, -0.2) is 0 Å². The van der Waals surface area contributed by atoms with Crippen LogP contribution in [-0.2, 0) is 13.0 Å². The van der Waals surface area contributed by atoms with E-state index in [-0.39, 0.29) is 0 Å². The summed E-state index contributed by atoms with van der Waals surface area (Å²) in [5, 5.41) is 3.39. The highest BCUT2D eigenvalue weighted by Crippen LogP contribution is 2.32. The van der Waals surface area contributed by atoms with Crippen LogP contribution in [0, 0.1) is 0 Å². The van der Waals surface area contributed by atoms with Crippen LogP contribution in [0.25, 0.3) is 0 Å². The molecule has 0 saturated carbocycles. The first kappa shape index (κ1) is 16.1. The van der Waals surface area contributed by atoms with Crippen LogP contribution in [0.5, 0.6) is 11.5 Å². The SMILES string of the molecule is CN=C(NCCc1ccncc1)N(C)Cc1ccc2c(c1)OCO2. The van der Waals surface area contributed by atoms with Crippen LogP contribution >= 0.6 is 0 Å². The molecule has 6 nitrogen and oxygen atoms in total. The minimum Gasteiger partial charge on any atom is -0.454 e. The molecule has 1 aliphatic heterocycles. The summed E-state index contributed by atoms with van der Waals surface area (Å²) in [6, 6.07) is 10.1. The van der Waals surface area contributed by atoms with Gasteiger partial charge in [0, 0.05) is 39.6 Å². The van der Waals surface area contributed by atoms with Gasteiger partial charge in [-0.2, -0.15) is 0 Å². The maximum atomic E-state index is 5.43. The van der Waals surface area contributed by atoms with E-state index in [0.717, 1.165) is 42.5 Å². The number of aromatic nitrogens is 1. The van der Waals surface area contributed by atoms with Crippen LogP contribution in [0.15, 0.2) is 47.7 Å². The Morgan fingerprint density at radius 1 is 1.17 bits per heavy atom. The van der Waals surface area contributed by atoms with E-state index in [1.807, 2.05) is 49.8 Å². The zero-order chi connectivity index (χ0) is 16.8. The van der Waals surface area contributed by atoms with Crippen LogP contribution in [0.3, 0.4) is 0 Å². The first-order chi connectivity index (χ1) is 11.8. The first-order valence-electron chi connectivity index (χ1n) is 7.95. The lowest BCUT2D eigenvalue weighted by atomic mass is 10.2. The predicted octanol–water partition coefficient (Wildman–Crippen LogP) is 2.06. The molecule has 1 N–H and O–H groups in total. The second-order valence-electron chi connectivity index (χ2n) is 5.62. The fourth-order valence-corrected chi connectivity index (χ4v) is 2.64. The van der Waals surface area contributed by atoms with Gasteiger partial charge in [-0.05, 0) is 41.8 Å². The number of benzene rings is 1. The second-order valence-corrected chi connectivity index (χ2v) is 5.62. The topological polar surface area (TPSA) is 59.0 Å². The van der Waals surface area contributed by atoms with Crippen LogP contribution in [-0.4, -0.2) is 43.3 Å². The number of nitrogens with one attached hydrogen (secondary N) is 1. The van der Waals surface area contributed by atoms with Crippen LogP contribution < -0.4 is 14.8 Å². The standard InChI is InChI=1S/C18H22N4O2/c1-19-18(21-10-7-14-5-8-20-9-6-14)22(2)12-15-3-4-16-17(11-15)24-13-23-16/h3-6,8-9,11H,7,10,12-13H2,1-2H3,(H,19,21). The van der Waals surface area contributed by atoms with Crippen LogP contribution in [0.2, 0.25) is 0 Å². The molecule has 0 radical (unpaired) electrons. The summed E-state index contributed by atoms with van der Waals surface area (Å²) in [6.45, 7) is 1.86. The Kier molecular flexibility index (Phi) is 5.15. The average molecular weight is 326 g/mol. The highest BCUT2D eigenvalue weighted by atomic mass is 16.7. The maximum Gasteiger partial charge on any atom is 0.231 e. The van der Waals surface area contributed by atoms with E-state index in [4.69, 9.17) is 9.47 Å². The van der Waals surface area contributed by atoms with Gasteiger partial charge in [0.2, 0.25) is 6.79 Å². The van der Waals surface area contributed by atoms with Crippen molar-refractivity contribution in [1.82, 2.24) is 15.2 Å². The van der Waals surface area contributed by atoms with E-state index >= 15 is 0 Å². The van der Waals surface area contributed by atoms with Crippen molar-refractivity contribution < 1.29 is 9.47 Å². The third kappa shape index (κ3) is 3.95. The number of nitrogens with zero attached hydrogens (tertiary/aromatic N) is 3. The number of hydrogen-bond acceptors (Lipinski definition) is 4. The number of aliphatic imine (C=N–C) groups is 1. The summed E-state index contributed by atoms with van der Waals surface area (Å²) in [6.07, 6.45) is 4.56. The predicted molar refractivity (Wildman–Crippen MR) is 93.3 cm³/mol. The van der Waals surface area contributed by atoms with Crippen LogP contribution in [0.1, 0.15) is 11.1 Å². The van der Waals surface area contributed by atoms with E-state index in [1.165, 1.54) is 5.56 Å². The van der Waals surface area contributed by atoms with E-state index in [0.29, 0.717) is 6.79 Å². The second kappa shape index (κ2) is 7.68. The molecule has 0 saturated heterocycles. The Morgan fingerprint density at radius 2 is 1.96 bits per heavy atom. The number of hydrogen-bond donors (Lipinski definition) is 1. The van der Waals surface area contributed by atoms with E-state index < -0.39 is 0 Å². The van der Waals surface area contributed by atoms with E-state index in [2.05, 4.69) is 20.2 Å². The number of fused-ring (bicyclic) bond motifs is 1. The Balaban J connectivity index is 1.53. The van der Waals surface area contributed by atoms with Crippen molar-refractivity contribution in [2.45, 2.75) is 13.0 Å². The first-order valence-corrected chi connectivity index (χ1v) is 7.95. The summed E-state index contributed by atoms with van der Waals surface area (Å²) in [5.41, 5.74) is 2.41. The van der Waals surface area contributed by atoms with Crippen molar-refractivity contribution in [2.24, 2.45) is 4.99 Å². The van der Waals surface area contributed by atoms with Gasteiger partial charge in [-0.15, -0.1) is 0 Å². The zero-order valence-electron chi connectivity index (χ0n) is 14.0. The molecule has 126 valence electrons. The summed E-state index contributed by atoms with van der Waals surface area (Å²) in [4.78, 5) is 10.5. The van der Waals surface area contributed by atoms with Gasteiger partial charge < -0.3 is 19.7 Å². The fraction of sp³-hybridized carbons (Fsp3) is 0.333. The molecular formula is C18H22N4O2. The van der Waals surface area contributed by atoms with Gasteiger partial charge in [-0.1, -0.05) is 6.07 Å². The number of ether oxygens (including phenoxy) is 2. The molecule has 0 amide bonds. The van der Waals surface area contributed by atoms with Gasteiger partial charge in [0.15, 0.2) is 17.5 Å². The Labute approximate surface area is 142 Å².